The molecule has 7 heteroatoms. The minimum atomic E-state index is -0.721. The summed E-state index contributed by atoms with van der Waals surface area (Å²) in [7, 11) is 0. The highest BCUT2D eigenvalue weighted by Crippen LogP contribution is 2.36. The minimum Gasteiger partial charge on any atom is -0.449 e. The van der Waals surface area contributed by atoms with Gasteiger partial charge in [-0.25, -0.2) is 4.79 Å². The lowest BCUT2D eigenvalue weighted by molar-refractivity contribution is -0.118. The molecule has 4 N–H and O–H groups in total. The number of allylic oxidation sites excluding steroid dienone is 2. The quantitative estimate of drug-likeness (QED) is 0.258. The Hall–Kier alpha value is -1.70. The van der Waals surface area contributed by atoms with Crippen LogP contribution < -0.4 is 5.32 Å². The Morgan fingerprint density at radius 2 is 1.90 bits per heavy atom. The second-order valence-corrected chi connectivity index (χ2v) is 8.63. The number of imide groups is 1. The Morgan fingerprint density at radius 1 is 1.16 bits per heavy atom. The van der Waals surface area contributed by atoms with E-state index in [0.29, 0.717) is 19.3 Å². The summed E-state index contributed by atoms with van der Waals surface area (Å²) in [6.07, 6.45) is 11.8. The predicted octanol–water partition coefficient (Wildman–Crippen LogP) is 3.48. The van der Waals surface area contributed by atoms with Crippen molar-refractivity contribution in [2.24, 2.45) is 17.8 Å². The number of hydrogen-bond donors (Lipinski definition) is 4. The SMILES string of the molecule is CCCCC(C)[C@H](O)/C=C/[C@@H]1[C@@H](C/C=C\CCCCOC(=O)NC(C)=O)[C@@H](O)C[C@H]1O. The lowest BCUT2D eigenvalue weighted by atomic mass is 9.88. The molecule has 1 saturated carbocycles. The summed E-state index contributed by atoms with van der Waals surface area (Å²) in [5.41, 5.74) is 0. The molecule has 1 aliphatic carbocycles. The van der Waals surface area contributed by atoms with Gasteiger partial charge in [0.15, 0.2) is 0 Å². The van der Waals surface area contributed by atoms with E-state index < -0.39 is 30.3 Å². The number of ether oxygens (including phenoxy) is 1. The first-order valence-electron chi connectivity index (χ1n) is 11.6. The summed E-state index contributed by atoms with van der Waals surface area (Å²) in [5.74, 6) is -0.503. The number of aliphatic hydroxyl groups excluding tert-OH is 3. The van der Waals surface area contributed by atoms with E-state index in [2.05, 4.69) is 6.92 Å². The zero-order chi connectivity index (χ0) is 23.2. The van der Waals surface area contributed by atoms with Gasteiger partial charge < -0.3 is 20.1 Å². The van der Waals surface area contributed by atoms with Crippen molar-refractivity contribution in [2.75, 3.05) is 6.61 Å². The standard InChI is InChI=1S/C24H41NO6/c1-4-5-11-17(2)21(27)14-13-20-19(22(28)16-23(20)29)12-9-7-6-8-10-15-31-24(30)25-18(3)26/h7,9,13-14,17,19-23,27-29H,4-6,8,10-12,15-16H2,1-3H3,(H,25,26,30)/b9-7-,14-13+/t17?,19-,20-,21-,22+,23-/m1/s1. The van der Waals surface area contributed by atoms with E-state index in [0.717, 1.165) is 32.1 Å². The highest BCUT2D eigenvalue weighted by molar-refractivity contribution is 5.90. The van der Waals surface area contributed by atoms with Crippen LogP contribution in [0.4, 0.5) is 4.79 Å². The molecule has 0 saturated heterocycles. The van der Waals surface area contributed by atoms with Crippen LogP contribution in [0.1, 0.15) is 72.1 Å². The van der Waals surface area contributed by atoms with Gasteiger partial charge in [0, 0.05) is 19.3 Å². The van der Waals surface area contributed by atoms with E-state index >= 15 is 0 Å². The van der Waals surface area contributed by atoms with E-state index in [-0.39, 0.29) is 24.4 Å². The number of carbonyl (C=O) groups is 2. The second-order valence-electron chi connectivity index (χ2n) is 8.63. The van der Waals surface area contributed by atoms with Gasteiger partial charge in [-0.1, -0.05) is 51.0 Å². The fraction of sp³-hybridized carbons (Fsp3) is 0.750. The number of nitrogens with one attached hydrogen (secondary N) is 1. The second kappa shape index (κ2) is 15.2. The van der Waals surface area contributed by atoms with Gasteiger partial charge in [0.1, 0.15) is 0 Å². The van der Waals surface area contributed by atoms with E-state index in [1.165, 1.54) is 6.92 Å². The third-order valence-corrected chi connectivity index (χ3v) is 5.89. The highest BCUT2D eigenvalue weighted by atomic mass is 16.5. The van der Waals surface area contributed by atoms with E-state index in [1.807, 2.05) is 30.5 Å². The van der Waals surface area contributed by atoms with Gasteiger partial charge in [-0.3, -0.25) is 10.1 Å². The number of alkyl carbamates (subject to hydrolysis) is 1. The summed E-state index contributed by atoms with van der Waals surface area (Å²) in [5, 5.41) is 33.1. The Labute approximate surface area is 186 Å². The highest BCUT2D eigenvalue weighted by Gasteiger charge is 2.39. The maximum absolute atomic E-state index is 11.2. The molecule has 0 aromatic rings. The number of aliphatic hydroxyl groups is 3. The number of amides is 2. The van der Waals surface area contributed by atoms with Crippen molar-refractivity contribution in [3.8, 4) is 0 Å². The fourth-order valence-corrected chi connectivity index (χ4v) is 3.92. The summed E-state index contributed by atoms with van der Waals surface area (Å²) in [6, 6.07) is 0. The summed E-state index contributed by atoms with van der Waals surface area (Å²) in [6.45, 7) is 5.67. The minimum absolute atomic E-state index is 0.0701. The molecule has 6 atom stereocenters. The summed E-state index contributed by atoms with van der Waals surface area (Å²) < 4.78 is 4.88. The van der Waals surface area contributed by atoms with Crippen molar-refractivity contribution in [1.82, 2.24) is 5.32 Å². The fourth-order valence-electron chi connectivity index (χ4n) is 3.92. The molecule has 1 fully saturated rings. The Balaban J connectivity index is 2.38. The molecule has 0 bridgehead atoms. The summed E-state index contributed by atoms with van der Waals surface area (Å²) in [4.78, 5) is 21.9. The Morgan fingerprint density at radius 3 is 2.58 bits per heavy atom. The van der Waals surface area contributed by atoms with E-state index in [4.69, 9.17) is 4.74 Å². The number of unbranched alkanes of at least 4 members (excludes halogenated alkanes) is 3. The lowest BCUT2D eigenvalue weighted by Crippen LogP contribution is -2.28. The van der Waals surface area contributed by atoms with Crippen molar-refractivity contribution in [3.05, 3.63) is 24.3 Å². The van der Waals surface area contributed by atoms with Gasteiger partial charge in [0.25, 0.3) is 0 Å². The molecule has 2 amide bonds. The molecule has 0 heterocycles. The first kappa shape index (κ1) is 27.3. The Bertz CT molecular complexity index is 591. The largest absolute Gasteiger partial charge is 0.449 e. The van der Waals surface area contributed by atoms with Gasteiger partial charge in [0.05, 0.1) is 24.9 Å². The van der Waals surface area contributed by atoms with Crippen LogP contribution in [0, 0.1) is 17.8 Å². The van der Waals surface area contributed by atoms with Crippen LogP contribution in [0.5, 0.6) is 0 Å². The topological polar surface area (TPSA) is 116 Å². The molecule has 1 unspecified atom stereocenters. The molecular formula is C24H41NO6. The Kier molecular flexibility index (Phi) is 13.4. The number of rotatable bonds is 13. The maximum Gasteiger partial charge on any atom is 0.413 e. The van der Waals surface area contributed by atoms with E-state index in [1.54, 1.807) is 6.08 Å². The van der Waals surface area contributed by atoms with Crippen molar-refractivity contribution < 1.29 is 29.6 Å². The first-order chi connectivity index (χ1) is 14.8. The van der Waals surface area contributed by atoms with Crippen molar-refractivity contribution >= 4 is 12.0 Å². The van der Waals surface area contributed by atoms with Gasteiger partial charge >= 0.3 is 6.09 Å². The average Bonchev–Trinajstić information content (AvgIpc) is 2.97. The third-order valence-electron chi connectivity index (χ3n) is 5.89. The molecule has 0 radical (unpaired) electrons. The molecule has 178 valence electrons. The average molecular weight is 440 g/mol. The van der Waals surface area contributed by atoms with Crippen molar-refractivity contribution in [3.63, 3.8) is 0 Å². The summed E-state index contributed by atoms with van der Waals surface area (Å²) >= 11 is 0. The van der Waals surface area contributed by atoms with Crippen LogP contribution in [-0.2, 0) is 9.53 Å². The van der Waals surface area contributed by atoms with Crippen LogP contribution in [-0.4, -0.2) is 52.2 Å². The number of hydrogen-bond acceptors (Lipinski definition) is 6. The van der Waals surface area contributed by atoms with Crippen molar-refractivity contribution in [1.29, 1.82) is 0 Å². The molecular weight excluding hydrogens is 398 g/mol. The van der Waals surface area contributed by atoms with Crippen LogP contribution in [0.2, 0.25) is 0 Å². The lowest BCUT2D eigenvalue weighted by Gasteiger charge is -2.21. The van der Waals surface area contributed by atoms with Crippen LogP contribution in [0.3, 0.4) is 0 Å². The molecule has 1 rings (SSSR count). The molecule has 0 spiro atoms. The molecule has 31 heavy (non-hydrogen) atoms. The van der Waals surface area contributed by atoms with Gasteiger partial charge in [-0.05, 0) is 43.9 Å². The molecule has 0 aliphatic heterocycles. The predicted molar refractivity (Wildman–Crippen MR) is 120 cm³/mol. The molecule has 0 aromatic heterocycles. The molecule has 7 nitrogen and oxygen atoms in total. The first-order valence-corrected chi connectivity index (χ1v) is 11.6. The van der Waals surface area contributed by atoms with Crippen molar-refractivity contribution in [2.45, 2.75) is 90.4 Å². The van der Waals surface area contributed by atoms with E-state index in [9.17, 15) is 24.9 Å². The zero-order valence-electron chi connectivity index (χ0n) is 19.2. The zero-order valence-corrected chi connectivity index (χ0v) is 19.2. The maximum atomic E-state index is 11.2. The number of carbonyl (C=O) groups excluding carboxylic acids is 2. The van der Waals surface area contributed by atoms with Crippen LogP contribution >= 0.6 is 0 Å². The molecule has 1 aliphatic rings. The van der Waals surface area contributed by atoms with Crippen LogP contribution in [0.15, 0.2) is 24.3 Å². The normalized spacial score (nSPS) is 25.7. The van der Waals surface area contributed by atoms with Gasteiger partial charge in [0.2, 0.25) is 5.91 Å². The monoisotopic (exact) mass is 439 g/mol. The van der Waals surface area contributed by atoms with Gasteiger partial charge in [-0.2, -0.15) is 0 Å². The smallest absolute Gasteiger partial charge is 0.413 e. The van der Waals surface area contributed by atoms with Crippen LogP contribution in [0.25, 0.3) is 0 Å². The third kappa shape index (κ3) is 10.9. The van der Waals surface area contributed by atoms with Gasteiger partial charge in [-0.15, -0.1) is 0 Å². The molecule has 0 aromatic carbocycles.